The SMILES string of the molecule is Nc1nc2cc(C(=O)N3CCN(c4ccc(Cl)cc4)CC3)ccc2s1. The number of carbonyl (C=O) groups excluding carboxylic acids is 1. The molecule has 0 spiro atoms. The van der Waals surface area contributed by atoms with Crippen LogP contribution in [0.3, 0.4) is 0 Å². The number of nitrogens with zero attached hydrogens (tertiary/aromatic N) is 3. The Hall–Kier alpha value is -2.31. The molecule has 0 radical (unpaired) electrons. The first-order chi connectivity index (χ1) is 12.1. The maximum absolute atomic E-state index is 12.8. The Labute approximate surface area is 154 Å². The summed E-state index contributed by atoms with van der Waals surface area (Å²) in [6.07, 6.45) is 0. The molecule has 1 saturated heterocycles. The van der Waals surface area contributed by atoms with Crippen LogP contribution in [0.15, 0.2) is 42.5 Å². The minimum Gasteiger partial charge on any atom is -0.375 e. The van der Waals surface area contributed by atoms with Gasteiger partial charge in [0.05, 0.1) is 10.2 Å². The molecule has 7 heteroatoms. The van der Waals surface area contributed by atoms with Crippen molar-refractivity contribution in [3.63, 3.8) is 0 Å². The summed E-state index contributed by atoms with van der Waals surface area (Å²) < 4.78 is 1.00. The molecular formula is C18H17ClN4OS. The molecule has 25 heavy (non-hydrogen) atoms. The van der Waals surface area contributed by atoms with Crippen molar-refractivity contribution in [3.8, 4) is 0 Å². The molecule has 2 N–H and O–H groups in total. The number of hydrogen-bond acceptors (Lipinski definition) is 5. The predicted octanol–water partition coefficient (Wildman–Crippen LogP) is 3.49. The number of hydrogen-bond donors (Lipinski definition) is 1. The van der Waals surface area contributed by atoms with Crippen LogP contribution in [-0.4, -0.2) is 42.0 Å². The number of thiazole rings is 1. The fraction of sp³-hybridized carbons (Fsp3) is 0.222. The predicted molar refractivity (Wildman–Crippen MR) is 104 cm³/mol. The molecule has 0 saturated carbocycles. The summed E-state index contributed by atoms with van der Waals surface area (Å²) in [5.41, 5.74) is 8.32. The quantitative estimate of drug-likeness (QED) is 0.747. The molecule has 4 rings (SSSR count). The number of piperazine rings is 1. The molecule has 5 nitrogen and oxygen atoms in total. The number of aromatic nitrogens is 1. The highest BCUT2D eigenvalue weighted by atomic mass is 35.5. The van der Waals surface area contributed by atoms with Gasteiger partial charge in [0.15, 0.2) is 5.13 Å². The lowest BCUT2D eigenvalue weighted by atomic mass is 10.1. The molecule has 2 heterocycles. The van der Waals surface area contributed by atoms with Crippen LogP contribution in [0.5, 0.6) is 0 Å². The average Bonchev–Trinajstić information content (AvgIpc) is 3.01. The second-order valence-electron chi connectivity index (χ2n) is 5.99. The number of rotatable bonds is 2. The maximum Gasteiger partial charge on any atom is 0.254 e. The van der Waals surface area contributed by atoms with E-state index in [9.17, 15) is 4.79 Å². The second-order valence-corrected chi connectivity index (χ2v) is 7.49. The van der Waals surface area contributed by atoms with Crippen LogP contribution in [0.25, 0.3) is 10.2 Å². The van der Waals surface area contributed by atoms with E-state index in [-0.39, 0.29) is 5.91 Å². The van der Waals surface area contributed by atoms with Crippen LogP contribution in [-0.2, 0) is 0 Å². The Morgan fingerprint density at radius 2 is 1.80 bits per heavy atom. The van der Waals surface area contributed by atoms with Gasteiger partial charge >= 0.3 is 0 Å². The molecule has 1 aliphatic heterocycles. The first-order valence-electron chi connectivity index (χ1n) is 8.06. The van der Waals surface area contributed by atoms with Crippen molar-refractivity contribution in [2.45, 2.75) is 0 Å². The number of carbonyl (C=O) groups is 1. The molecule has 0 unspecified atom stereocenters. The maximum atomic E-state index is 12.8. The number of anilines is 2. The zero-order chi connectivity index (χ0) is 17.4. The smallest absolute Gasteiger partial charge is 0.254 e. The van der Waals surface area contributed by atoms with E-state index >= 15 is 0 Å². The molecule has 0 aliphatic carbocycles. The second kappa shape index (κ2) is 6.54. The van der Waals surface area contributed by atoms with Crippen molar-refractivity contribution in [2.24, 2.45) is 0 Å². The highest BCUT2D eigenvalue weighted by molar-refractivity contribution is 7.22. The third-order valence-corrected chi connectivity index (χ3v) is 5.53. The first kappa shape index (κ1) is 16.2. The van der Waals surface area contributed by atoms with E-state index in [0.717, 1.165) is 34.0 Å². The van der Waals surface area contributed by atoms with E-state index in [2.05, 4.69) is 9.88 Å². The van der Waals surface area contributed by atoms with Gasteiger partial charge in [0.2, 0.25) is 0 Å². The van der Waals surface area contributed by atoms with Crippen molar-refractivity contribution in [2.75, 3.05) is 36.8 Å². The molecular weight excluding hydrogens is 356 g/mol. The molecule has 1 amide bonds. The molecule has 0 bridgehead atoms. The average molecular weight is 373 g/mol. The summed E-state index contributed by atoms with van der Waals surface area (Å²) in [4.78, 5) is 21.2. The van der Waals surface area contributed by atoms with Crippen molar-refractivity contribution in [1.29, 1.82) is 0 Å². The van der Waals surface area contributed by atoms with Crippen molar-refractivity contribution in [3.05, 3.63) is 53.1 Å². The van der Waals surface area contributed by atoms with Gasteiger partial charge in [-0.05, 0) is 42.5 Å². The fourth-order valence-corrected chi connectivity index (χ4v) is 3.92. The molecule has 128 valence electrons. The lowest BCUT2D eigenvalue weighted by Gasteiger charge is -2.36. The zero-order valence-electron chi connectivity index (χ0n) is 13.5. The monoisotopic (exact) mass is 372 g/mol. The van der Waals surface area contributed by atoms with E-state index < -0.39 is 0 Å². The van der Waals surface area contributed by atoms with Crippen molar-refractivity contribution >= 4 is 49.9 Å². The normalized spacial score (nSPS) is 14.9. The highest BCUT2D eigenvalue weighted by Gasteiger charge is 2.22. The zero-order valence-corrected chi connectivity index (χ0v) is 15.1. The van der Waals surface area contributed by atoms with E-state index in [1.807, 2.05) is 47.4 Å². The molecule has 0 atom stereocenters. The Morgan fingerprint density at radius 3 is 2.52 bits per heavy atom. The summed E-state index contributed by atoms with van der Waals surface area (Å²) in [7, 11) is 0. The number of halogens is 1. The van der Waals surface area contributed by atoms with E-state index in [1.54, 1.807) is 0 Å². The number of nitrogens with two attached hydrogens (primary N) is 1. The number of amides is 1. The van der Waals surface area contributed by atoms with Crippen LogP contribution in [0, 0.1) is 0 Å². The Morgan fingerprint density at radius 1 is 1.08 bits per heavy atom. The van der Waals surface area contributed by atoms with E-state index in [1.165, 1.54) is 11.3 Å². The number of fused-ring (bicyclic) bond motifs is 1. The summed E-state index contributed by atoms with van der Waals surface area (Å²) >= 11 is 7.38. The molecule has 2 aromatic carbocycles. The summed E-state index contributed by atoms with van der Waals surface area (Å²) in [5, 5.41) is 1.26. The van der Waals surface area contributed by atoms with Gasteiger partial charge in [-0.1, -0.05) is 22.9 Å². The van der Waals surface area contributed by atoms with E-state index in [4.69, 9.17) is 17.3 Å². The van der Waals surface area contributed by atoms with Gasteiger partial charge in [-0.2, -0.15) is 0 Å². The van der Waals surface area contributed by atoms with E-state index in [0.29, 0.717) is 23.8 Å². The van der Waals surface area contributed by atoms with Crippen molar-refractivity contribution in [1.82, 2.24) is 9.88 Å². The third kappa shape index (κ3) is 3.27. The lowest BCUT2D eigenvalue weighted by Crippen LogP contribution is -2.48. The van der Waals surface area contributed by atoms with Crippen LogP contribution in [0.1, 0.15) is 10.4 Å². The summed E-state index contributed by atoms with van der Waals surface area (Å²) in [6, 6.07) is 13.4. The van der Waals surface area contributed by atoms with Gasteiger partial charge in [-0.3, -0.25) is 4.79 Å². The summed E-state index contributed by atoms with van der Waals surface area (Å²) in [5.74, 6) is 0.0456. The minimum atomic E-state index is 0.0456. The largest absolute Gasteiger partial charge is 0.375 e. The van der Waals surface area contributed by atoms with Gasteiger partial charge < -0.3 is 15.5 Å². The lowest BCUT2D eigenvalue weighted by molar-refractivity contribution is 0.0747. The Kier molecular flexibility index (Phi) is 4.23. The molecule has 1 fully saturated rings. The standard InChI is InChI=1S/C18H17ClN4OS/c19-13-2-4-14(5-3-13)22-7-9-23(10-8-22)17(24)12-1-6-16-15(11-12)21-18(20)25-16/h1-6,11H,7-10H2,(H2,20,21). The van der Waals surface area contributed by atoms with Gasteiger partial charge in [0, 0.05) is 42.5 Å². The number of benzene rings is 2. The summed E-state index contributed by atoms with van der Waals surface area (Å²) in [6.45, 7) is 3.00. The van der Waals surface area contributed by atoms with Crippen LogP contribution in [0.4, 0.5) is 10.8 Å². The van der Waals surface area contributed by atoms with Gasteiger partial charge in [-0.25, -0.2) is 4.98 Å². The first-order valence-corrected chi connectivity index (χ1v) is 9.25. The molecule has 3 aromatic rings. The third-order valence-electron chi connectivity index (χ3n) is 4.41. The fourth-order valence-electron chi connectivity index (χ4n) is 3.08. The molecule has 1 aliphatic rings. The topological polar surface area (TPSA) is 62.5 Å². The Bertz CT molecular complexity index is 916. The van der Waals surface area contributed by atoms with Crippen LogP contribution < -0.4 is 10.6 Å². The van der Waals surface area contributed by atoms with Gasteiger partial charge in [0.1, 0.15) is 0 Å². The van der Waals surface area contributed by atoms with Gasteiger partial charge in [-0.15, -0.1) is 0 Å². The minimum absolute atomic E-state index is 0.0456. The molecule has 1 aromatic heterocycles. The number of nitrogen functional groups attached to an aromatic ring is 1. The van der Waals surface area contributed by atoms with Gasteiger partial charge in [0.25, 0.3) is 5.91 Å². The van der Waals surface area contributed by atoms with Crippen LogP contribution >= 0.6 is 22.9 Å². The van der Waals surface area contributed by atoms with Crippen molar-refractivity contribution < 1.29 is 4.79 Å². The van der Waals surface area contributed by atoms with Crippen LogP contribution in [0.2, 0.25) is 5.02 Å². The Balaban J connectivity index is 1.45. The highest BCUT2D eigenvalue weighted by Crippen LogP contribution is 2.25.